The Kier molecular flexibility index (Phi) is 6.49. The molecule has 2 N–H and O–H groups in total. The van der Waals surface area contributed by atoms with E-state index in [-0.39, 0.29) is 17.8 Å². The highest BCUT2D eigenvalue weighted by Crippen LogP contribution is 2.14. The summed E-state index contributed by atoms with van der Waals surface area (Å²) in [4.78, 5) is 40.5. The molecule has 0 atom stereocenters. The zero-order chi connectivity index (χ0) is 20.8. The van der Waals surface area contributed by atoms with E-state index in [4.69, 9.17) is 0 Å². The summed E-state index contributed by atoms with van der Waals surface area (Å²) in [5, 5.41) is 5.42. The molecule has 7 nitrogen and oxygen atoms in total. The van der Waals surface area contributed by atoms with Crippen molar-refractivity contribution in [2.45, 2.75) is 13.3 Å². The van der Waals surface area contributed by atoms with Crippen LogP contribution in [-0.4, -0.2) is 60.9 Å². The van der Waals surface area contributed by atoms with E-state index < -0.39 is 0 Å². The zero-order valence-electron chi connectivity index (χ0n) is 16.8. The minimum Gasteiger partial charge on any atom is -0.355 e. The summed E-state index contributed by atoms with van der Waals surface area (Å²) in [6.45, 7) is 4.14. The second-order valence-electron chi connectivity index (χ2n) is 7.09. The van der Waals surface area contributed by atoms with Gasteiger partial charge in [-0.05, 0) is 49.7 Å². The molecule has 152 valence electrons. The molecule has 1 aliphatic heterocycles. The highest BCUT2D eigenvalue weighted by atomic mass is 16.2. The van der Waals surface area contributed by atoms with Gasteiger partial charge in [0, 0.05) is 50.0 Å². The molecule has 2 aromatic rings. The van der Waals surface area contributed by atoms with Crippen LogP contribution in [-0.2, 0) is 0 Å². The Labute approximate surface area is 170 Å². The highest BCUT2D eigenvalue weighted by molar-refractivity contribution is 5.96. The molecule has 0 radical (unpaired) electrons. The minimum atomic E-state index is -0.206. The molecule has 1 heterocycles. The van der Waals surface area contributed by atoms with E-state index in [1.54, 1.807) is 41.1 Å². The van der Waals surface area contributed by atoms with Crippen LogP contribution in [0.25, 0.3) is 0 Å². The van der Waals surface area contributed by atoms with Crippen LogP contribution >= 0.6 is 0 Å². The SMILES string of the molecule is CNC(=O)c1ccc(NC(=O)N2CCCN(C(=O)c3cccc(C)c3)CC2)cc1. The van der Waals surface area contributed by atoms with E-state index in [0.29, 0.717) is 43.0 Å². The Morgan fingerprint density at radius 1 is 0.862 bits per heavy atom. The van der Waals surface area contributed by atoms with Gasteiger partial charge < -0.3 is 20.4 Å². The number of carbonyl (C=O) groups is 3. The van der Waals surface area contributed by atoms with Gasteiger partial charge in [0.05, 0.1) is 0 Å². The molecule has 1 aliphatic rings. The fourth-order valence-electron chi connectivity index (χ4n) is 3.34. The van der Waals surface area contributed by atoms with E-state index in [0.717, 1.165) is 12.0 Å². The predicted octanol–water partition coefficient (Wildman–Crippen LogP) is 2.73. The van der Waals surface area contributed by atoms with E-state index >= 15 is 0 Å². The molecule has 0 spiro atoms. The number of carbonyl (C=O) groups excluding carboxylic acids is 3. The lowest BCUT2D eigenvalue weighted by molar-refractivity contribution is 0.0762. The summed E-state index contributed by atoms with van der Waals surface area (Å²) >= 11 is 0. The van der Waals surface area contributed by atoms with Crippen molar-refractivity contribution in [1.29, 1.82) is 0 Å². The Bertz CT molecular complexity index is 895. The summed E-state index contributed by atoms with van der Waals surface area (Å²) in [7, 11) is 1.57. The standard InChI is InChI=1S/C22H26N4O3/c1-16-5-3-6-18(15-16)21(28)25-11-4-12-26(14-13-25)22(29)24-19-9-7-17(8-10-19)20(27)23-2/h3,5-10,15H,4,11-14H2,1-2H3,(H,23,27)(H,24,29). The number of hydrogen-bond donors (Lipinski definition) is 2. The minimum absolute atomic E-state index is 0.000692. The van der Waals surface area contributed by atoms with Crippen LogP contribution in [0.2, 0.25) is 0 Å². The maximum atomic E-state index is 12.8. The molecule has 2 aromatic carbocycles. The zero-order valence-corrected chi connectivity index (χ0v) is 16.8. The summed E-state index contributed by atoms with van der Waals surface area (Å²) in [6.07, 6.45) is 0.723. The molecule has 0 aromatic heterocycles. The molecule has 1 saturated heterocycles. The average molecular weight is 394 g/mol. The lowest BCUT2D eigenvalue weighted by Crippen LogP contribution is -2.39. The van der Waals surface area contributed by atoms with Gasteiger partial charge in [0.15, 0.2) is 0 Å². The maximum Gasteiger partial charge on any atom is 0.321 e. The molecule has 7 heteroatoms. The molecular formula is C22H26N4O3. The van der Waals surface area contributed by atoms with Crippen LogP contribution in [0.1, 0.15) is 32.7 Å². The van der Waals surface area contributed by atoms with Gasteiger partial charge in [0.2, 0.25) is 0 Å². The van der Waals surface area contributed by atoms with Crippen molar-refractivity contribution in [3.05, 3.63) is 65.2 Å². The molecule has 0 saturated carbocycles. The second kappa shape index (κ2) is 9.23. The first-order chi connectivity index (χ1) is 14.0. The number of amides is 4. The second-order valence-corrected chi connectivity index (χ2v) is 7.09. The molecule has 3 rings (SSSR count). The number of benzene rings is 2. The van der Waals surface area contributed by atoms with Crippen LogP contribution in [0.3, 0.4) is 0 Å². The number of nitrogens with one attached hydrogen (secondary N) is 2. The third-order valence-electron chi connectivity index (χ3n) is 4.96. The van der Waals surface area contributed by atoms with Crippen molar-refractivity contribution >= 4 is 23.5 Å². The van der Waals surface area contributed by atoms with Crippen LogP contribution in [0.5, 0.6) is 0 Å². The summed E-state index contributed by atoms with van der Waals surface area (Å²) in [6, 6.07) is 14.1. The van der Waals surface area contributed by atoms with Gasteiger partial charge in [-0.2, -0.15) is 0 Å². The van der Waals surface area contributed by atoms with Gasteiger partial charge in [0.25, 0.3) is 11.8 Å². The monoisotopic (exact) mass is 394 g/mol. The van der Waals surface area contributed by atoms with Gasteiger partial charge in [-0.1, -0.05) is 17.7 Å². The molecular weight excluding hydrogens is 368 g/mol. The van der Waals surface area contributed by atoms with Gasteiger partial charge in [-0.15, -0.1) is 0 Å². The van der Waals surface area contributed by atoms with E-state index in [2.05, 4.69) is 10.6 Å². The van der Waals surface area contributed by atoms with E-state index in [1.807, 2.05) is 31.2 Å². The lowest BCUT2D eigenvalue weighted by atomic mass is 10.1. The highest BCUT2D eigenvalue weighted by Gasteiger charge is 2.23. The van der Waals surface area contributed by atoms with Crippen molar-refractivity contribution in [2.75, 3.05) is 38.5 Å². The van der Waals surface area contributed by atoms with Crippen molar-refractivity contribution in [3.8, 4) is 0 Å². The molecule has 0 unspecified atom stereocenters. The van der Waals surface area contributed by atoms with Crippen molar-refractivity contribution in [3.63, 3.8) is 0 Å². The molecule has 0 aliphatic carbocycles. The van der Waals surface area contributed by atoms with Crippen molar-refractivity contribution in [1.82, 2.24) is 15.1 Å². The predicted molar refractivity (Wildman–Crippen MR) is 112 cm³/mol. The Hall–Kier alpha value is -3.35. The van der Waals surface area contributed by atoms with Crippen LogP contribution < -0.4 is 10.6 Å². The molecule has 1 fully saturated rings. The molecule has 29 heavy (non-hydrogen) atoms. The number of nitrogens with zero attached hydrogens (tertiary/aromatic N) is 2. The third-order valence-corrected chi connectivity index (χ3v) is 4.96. The van der Waals surface area contributed by atoms with Crippen LogP contribution in [0.4, 0.5) is 10.5 Å². The number of aryl methyl sites for hydroxylation is 1. The smallest absolute Gasteiger partial charge is 0.321 e. The molecule has 0 bridgehead atoms. The maximum absolute atomic E-state index is 12.8. The first-order valence-electron chi connectivity index (χ1n) is 9.72. The normalized spacial score (nSPS) is 14.1. The first-order valence-corrected chi connectivity index (χ1v) is 9.72. The van der Waals surface area contributed by atoms with Gasteiger partial charge in [-0.3, -0.25) is 9.59 Å². The number of rotatable bonds is 3. The van der Waals surface area contributed by atoms with Crippen molar-refractivity contribution < 1.29 is 14.4 Å². The van der Waals surface area contributed by atoms with Crippen LogP contribution in [0, 0.1) is 6.92 Å². The summed E-state index contributed by atoms with van der Waals surface area (Å²) in [5.41, 5.74) is 2.89. The third kappa shape index (κ3) is 5.13. The Morgan fingerprint density at radius 3 is 2.24 bits per heavy atom. The first kappa shape index (κ1) is 20.4. The van der Waals surface area contributed by atoms with Gasteiger partial charge >= 0.3 is 6.03 Å². The Morgan fingerprint density at radius 2 is 1.55 bits per heavy atom. The topological polar surface area (TPSA) is 81.8 Å². The largest absolute Gasteiger partial charge is 0.355 e. The lowest BCUT2D eigenvalue weighted by Gasteiger charge is -2.22. The molecule has 4 amide bonds. The fourth-order valence-corrected chi connectivity index (χ4v) is 3.34. The Balaban J connectivity index is 1.58. The van der Waals surface area contributed by atoms with Gasteiger partial charge in [0.1, 0.15) is 0 Å². The average Bonchev–Trinajstić information content (AvgIpc) is 2.99. The summed E-state index contributed by atoms with van der Waals surface area (Å²) < 4.78 is 0. The van der Waals surface area contributed by atoms with E-state index in [9.17, 15) is 14.4 Å². The van der Waals surface area contributed by atoms with Gasteiger partial charge in [-0.25, -0.2) is 4.79 Å². The number of anilines is 1. The van der Waals surface area contributed by atoms with Crippen LogP contribution in [0.15, 0.2) is 48.5 Å². The van der Waals surface area contributed by atoms with E-state index in [1.165, 1.54) is 0 Å². The number of urea groups is 1. The quantitative estimate of drug-likeness (QED) is 0.840. The fraction of sp³-hybridized carbons (Fsp3) is 0.318. The van der Waals surface area contributed by atoms with Crippen molar-refractivity contribution in [2.24, 2.45) is 0 Å². The number of hydrogen-bond acceptors (Lipinski definition) is 3. The summed E-state index contributed by atoms with van der Waals surface area (Å²) in [5.74, 6) is -0.172.